The molecule has 0 amide bonds. The van der Waals surface area contributed by atoms with E-state index in [1.54, 1.807) is 0 Å². The number of rotatable bonds is 5. The Hall–Kier alpha value is -1.32. The van der Waals surface area contributed by atoms with Crippen molar-refractivity contribution in [2.75, 3.05) is 19.4 Å². The molecule has 3 heteroatoms. The maximum absolute atomic E-state index is 3.61. The van der Waals surface area contributed by atoms with Crippen molar-refractivity contribution >= 4 is 21.6 Å². The molecule has 1 atom stereocenters. The van der Waals surface area contributed by atoms with E-state index < -0.39 is 0 Å². The minimum Gasteiger partial charge on any atom is -0.378 e. The molecule has 2 nitrogen and oxygen atoms in total. The van der Waals surface area contributed by atoms with Crippen LogP contribution in [0.3, 0.4) is 0 Å². The lowest BCUT2D eigenvalue weighted by atomic mass is 10.1. The van der Waals surface area contributed by atoms with Crippen LogP contribution in [-0.4, -0.2) is 19.0 Å². The highest BCUT2D eigenvalue weighted by molar-refractivity contribution is 9.10. The van der Waals surface area contributed by atoms with Crippen LogP contribution in [0.1, 0.15) is 24.1 Å². The molecule has 0 saturated heterocycles. The van der Waals surface area contributed by atoms with Gasteiger partial charge in [-0.05, 0) is 50.3 Å². The number of nitrogens with one attached hydrogen (secondary N) is 1. The fourth-order valence-electron chi connectivity index (χ4n) is 2.21. The van der Waals surface area contributed by atoms with Gasteiger partial charge in [0, 0.05) is 22.7 Å². The average Bonchev–Trinajstić information content (AvgIpc) is 2.41. The number of nitrogens with zero attached hydrogens (tertiary/aromatic N) is 1. The van der Waals surface area contributed by atoms with Gasteiger partial charge in [-0.15, -0.1) is 0 Å². The standard InChI is InChI=1S/C17H21BrN2/c1-13(14-8-10-16(18)11-9-14)19-17-7-5-4-6-15(17)12-20(2)3/h4-11,13,19H,12H2,1-3H3. The van der Waals surface area contributed by atoms with Crippen LogP contribution in [0.5, 0.6) is 0 Å². The second-order valence-electron chi connectivity index (χ2n) is 5.31. The molecular formula is C17H21BrN2. The topological polar surface area (TPSA) is 15.3 Å². The molecular weight excluding hydrogens is 312 g/mol. The molecule has 1 unspecified atom stereocenters. The quantitative estimate of drug-likeness (QED) is 0.854. The lowest BCUT2D eigenvalue weighted by Crippen LogP contribution is -2.14. The first-order chi connectivity index (χ1) is 9.56. The number of para-hydroxylation sites is 1. The Labute approximate surface area is 129 Å². The van der Waals surface area contributed by atoms with E-state index in [1.165, 1.54) is 16.8 Å². The molecule has 0 spiro atoms. The van der Waals surface area contributed by atoms with Crippen molar-refractivity contribution in [3.63, 3.8) is 0 Å². The van der Waals surface area contributed by atoms with Crippen LogP contribution in [-0.2, 0) is 6.54 Å². The molecule has 0 saturated carbocycles. The van der Waals surface area contributed by atoms with Gasteiger partial charge in [0.05, 0.1) is 0 Å². The van der Waals surface area contributed by atoms with Gasteiger partial charge in [-0.3, -0.25) is 0 Å². The van der Waals surface area contributed by atoms with Gasteiger partial charge in [-0.25, -0.2) is 0 Å². The monoisotopic (exact) mass is 332 g/mol. The molecule has 2 aromatic rings. The van der Waals surface area contributed by atoms with E-state index in [-0.39, 0.29) is 6.04 Å². The molecule has 20 heavy (non-hydrogen) atoms. The van der Waals surface area contributed by atoms with Crippen molar-refractivity contribution in [2.45, 2.75) is 19.5 Å². The summed E-state index contributed by atoms with van der Waals surface area (Å²) in [4.78, 5) is 2.19. The van der Waals surface area contributed by atoms with E-state index in [0.29, 0.717) is 0 Å². The zero-order valence-electron chi connectivity index (χ0n) is 12.2. The number of halogens is 1. The van der Waals surface area contributed by atoms with Crippen LogP contribution in [0.4, 0.5) is 5.69 Å². The zero-order valence-corrected chi connectivity index (χ0v) is 13.8. The van der Waals surface area contributed by atoms with E-state index in [9.17, 15) is 0 Å². The average molecular weight is 333 g/mol. The fourth-order valence-corrected chi connectivity index (χ4v) is 2.47. The Bertz CT molecular complexity index is 549. The highest BCUT2D eigenvalue weighted by Crippen LogP contribution is 2.24. The Morgan fingerprint density at radius 3 is 2.35 bits per heavy atom. The SMILES string of the molecule is CC(Nc1ccccc1CN(C)C)c1ccc(Br)cc1. The summed E-state index contributed by atoms with van der Waals surface area (Å²) in [7, 11) is 4.18. The van der Waals surface area contributed by atoms with Crippen molar-refractivity contribution in [3.05, 3.63) is 64.1 Å². The van der Waals surface area contributed by atoms with Crippen LogP contribution in [0.15, 0.2) is 53.0 Å². The van der Waals surface area contributed by atoms with Crippen LogP contribution < -0.4 is 5.32 Å². The largest absolute Gasteiger partial charge is 0.378 e. The first-order valence-electron chi connectivity index (χ1n) is 6.81. The lowest BCUT2D eigenvalue weighted by molar-refractivity contribution is 0.403. The van der Waals surface area contributed by atoms with Gasteiger partial charge in [0.15, 0.2) is 0 Å². The lowest BCUT2D eigenvalue weighted by Gasteiger charge is -2.20. The van der Waals surface area contributed by atoms with E-state index in [2.05, 4.69) is 95.7 Å². The Kier molecular flexibility index (Phi) is 5.21. The number of anilines is 1. The predicted octanol–water partition coefficient (Wildman–Crippen LogP) is 4.68. The molecule has 0 heterocycles. The normalized spacial score (nSPS) is 12.4. The summed E-state index contributed by atoms with van der Waals surface area (Å²) >= 11 is 3.47. The zero-order chi connectivity index (χ0) is 14.5. The number of hydrogen-bond donors (Lipinski definition) is 1. The molecule has 106 valence electrons. The molecule has 0 radical (unpaired) electrons. The van der Waals surface area contributed by atoms with Gasteiger partial charge in [-0.1, -0.05) is 46.3 Å². The van der Waals surface area contributed by atoms with Gasteiger partial charge >= 0.3 is 0 Å². The van der Waals surface area contributed by atoms with Gasteiger partial charge in [0.1, 0.15) is 0 Å². The van der Waals surface area contributed by atoms with Gasteiger partial charge < -0.3 is 10.2 Å². The molecule has 0 aliphatic heterocycles. The third kappa shape index (κ3) is 4.09. The Morgan fingerprint density at radius 2 is 1.70 bits per heavy atom. The highest BCUT2D eigenvalue weighted by atomic mass is 79.9. The van der Waals surface area contributed by atoms with Gasteiger partial charge in [0.25, 0.3) is 0 Å². The molecule has 2 rings (SSSR count). The molecule has 1 N–H and O–H groups in total. The molecule has 0 fully saturated rings. The van der Waals surface area contributed by atoms with Crippen LogP contribution >= 0.6 is 15.9 Å². The third-order valence-electron chi connectivity index (χ3n) is 3.25. The summed E-state index contributed by atoms with van der Waals surface area (Å²) in [5, 5.41) is 3.61. The van der Waals surface area contributed by atoms with Crippen molar-refractivity contribution < 1.29 is 0 Å². The van der Waals surface area contributed by atoms with Crippen LogP contribution in [0, 0.1) is 0 Å². The minimum absolute atomic E-state index is 0.284. The van der Waals surface area contributed by atoms with E-state index in [1.807, 2.05) is 0 Å². The maximum atomic E-state index is 3.61. The molecule has 0 aromatic heterocycles. The second kappa shape index (κ2) is 6.91. The summed E-state index contributed by atoms with van der Waals surface area (Å²) in [6, 6.07) is 17.2. The molecule has 2 aromatic carbocycles. The summed E-state index contributed by atoms with van der Waals surface area (Å²) in [5.74, 6) is 0. The van der Waals surface area contributed by atoms with Crippen molar-refractivity contribution in [2.24, 2.45) is 0 Å². The van der Waals surface area contributed by atoms with E-state index in [0.717, 1.165) is 11.0 Å². The van der Waals surface area contributed by atoms with Crippen LogP contribution in [0.25, 0.3) is 0 Å². The number of hydrogen-bond acceptors (Lipinski definition) is 2. The van der Waals surface area contributed by atoms with Crippen molar-refractivity contribution in [1.29, 1.82) is 0 Å². The molecule has 0 aliphatic rings. The fraction of sp³-hybridized carbons (Fsp3) is 0.294. The summed E-state index contributed by atoms with van der Waals surface area (Å²) in [6.07, 6.45) is 0. The predicted molar refractivity (Wildman–Crippen MR) is 90.0 cm³/mol. The second-order valence-corrected chi connectivity index (χ2v) is 6.23. The van der Waals surface area contributed by atoms with E-state index in [4.69, 9.17) is 0 Å². The first kappa shape index (κ1) is 15.1. The first-order valence-corrected chi connectivity index (χ1v) is 7.60. The van der Waals surface area contributed by atoms with Gasteiger partial charge in [-0.2, -0.15) is 0 Å². The molecule has 0 aliphatic carbocycles. The van der Waals surface area contributed by atoms with E-state index >= 15 is 0 Å². The van der Waals surface area contributed by atoms with Crippen LogP contribution in [0.2, 0.25) is 0 Å². The highest BCUT2D eigenvalue weighted by Gasteiger charge is 2.08. The minimum atomic E-state index is 0.284. The summed E-state index contributed by atoms with van der Waals surface area (Å²) in [5.41, 5.74) is 3.81. The molecule has 0 bridgehead atoms. The maximum Gasteiger partial charge on any atom is 0.0485 e. The van der Waals surface area contributed by atoms with Gasteiger partial charge in [0.2, 0.25) is 0 Å². The smallest absolute Gasteiger partial charge is 0.0485 e. The third-order valence-corrected chi connectivity index (χ3v) is 3.77. The summed E-state index contributed by atoms with van der Waals surface area (Å²) < 4.78 is 1.11. The Morgan fingerprint density at radius 1 is 1.05 bits per heavy atom. The summed E-state index contributed by atoms with van der Waals surface area (Å²) in [6.45, 7) is 3.13. The van der Waals surface area contributed by atoms with Crippen molar-refractivity contribution in [1.82, 2.24) is 4.90 Å². The number of benzene rings is 2. The van der Waals surface area contributed by atoms with Crippen molar-refractivity contribution in [3.8, 4) is 0 Å². The Balaban J connectivity index is 2.15.